The maximum absolute atomic E-state index is 11.4. The average molecular weight is 254 g/mol. The summed E-state index contributed by atoms with van der Waals surface area (Å²) in [6.45, 7) is 0. The molecular formula is C11H14N2O3S. The highest BCUT2D eigenvalue weighted by Gasteiger charge is 2.08. The SMILES string of the molecule is COc1ccc(CC(=O)NC(N)=S)cc1OC. The van der Waals surface area contributed by atoms with E-state index in [0.29, 0.717) is 11.5 Å². The van der Waals surface area contributed by atoms with Crippen LogP contribution in [0.15, 0.2) is 18.2 Å². The van der Waals surface area contributed by atoms with Gasteiger partial charge >= 0.3 is 0 Å². The summed E-state index contributed by atoms with van der Waals surface area (Å²) in [4.78, 5) is 11.4. The van der Waals surface area contributed by atoms with Gasteiger partial charge in [0.05, 0.1) is 20.6 Å². The van der Waals surface area contributed by atoms with Crippen molar-refractivity contribution in [3.8, 4) is 11.5 Å². The first kappa shape index (κ1) is 13.2. The fraction of sp³-hybridized carbons (Fsp3) is 0.273. The summed E-state index contributed by atoms with van der Waals surface area (Å²) in [5.41, 5.74) is 5.99. The Bertz CT molecular complexity index is 435. The van der Waals surface area contributed by atoms with Gasteiger partial charge in [0.2, 0.25) is 5.91 Å². The molecule has 0 fully saturated rings. The molecule has 5 nitrogen and oxygen atoms in total. The lowest BCUT2D eigenvalue weighted by atomic mass is 10.1. The second-order valence-electron chi connectivity index (χ2n) is 3.28. The van der Waals surface area contributed by atoms with Crippen LogP contribution < -0.4 is 20.5 Å². The second-order valence-corrected chi connectivity index (χ2v) is 3.72. The number of rotatable bonds is 4. The van der Waals surface area contributed by atoms with Crippen LogP contribution >= 0.6 is 12.2 Å². The van der Waals surface area contributed by atoms with Gasteiger partial charge in [-0.05, 0) is 29.9 Å². The van der Waals surface area contributed by atoms with E-state index in [0.717, 1.165) is 5.56 Å². The Hall–Kier alpha value is -1.82. The van der Waals surface area contributed by atoms with E-state index in [9.17, 15) is 4.79 Å². The summed E-state index contributed by atoms with van der Waals surface area (Å²) < 4.78 is 10.2. The average Bonchev–Trinajstić information content (AvgIpc) is 2.27. The Morgan fingerprint density at radius 2 is 2.00 bits per heavy atom. The zero-order valence-electron chi connectivity index (χ0n) is 9.65. The van der Waals surface area contributed by atoms with Gasteiger partial charge in [0.15, 0.2) is 16.6 Å². The van der Waals surface area contributed by atoms with Gasteiger partial charge < -0.3 is 20.5 Å². The molecule has 17 heavy (non-hydrogen) atoms. The number of nitrogens with two attached hydrogens (primary N) is 1. The zero-order valence-corrected chi connectivity index (χ0v) is 10.5. The van der Waals surface area contributed by atoms with E-state index in [1.54, 1.807) is 25.3 Å². The van der Waals surface area contributed by atoms with E-state index in [1.165, 1.54) is 7.11 Å². The van der Waals surface area contributed by atoms with Gasteiger partial charge in [-0.3, -0.25) is 4.79 Å². The molecule has 0 radical (unpaired) electrons. The molecule has 0 spiro atoms. The highest BCUT2D eigenvalue weighted by Crippen LogP contribution is 2.27. The van der Waals surface area contributed by atoms with E-state index in [2.05, 4.69) is 17.5 Å². The topological polar surface area (TPSA) is 73.6 Å². The Labute approximate surface area is 105 Å². The first-order valence-corrected chi connectivity index (χ1v) is 5.28. The minimum Gasteiger partial charge on any atom is -0.493 e. The lowest BCUT2D eigenvalue weighted by Gasteiger charge is -2.09. The summed E-state index contributed by atoms with van der Waals surface area (Å²) in [5.74, 6) is 0.934. The number of methoxy groups -OCH3 is 2. The fourth-order valence-corrected chi connectivity index (χ4v) is 1.47. The Kier molecular flexibility index (Phi) is 4.71. The molecule has 92 valence electrons. The number of benzene rings is 1. The third kappa shape index (κ3) is 3.92. The third-order valence-electron chi connectivity index (χ3n) is 2.08. The standard InChI is InChI=1S/C11H14N2O3S/c1-15-8-4-3-7(5-9(8)16-2)6-10(14)13-11(12)17/h3-5H,6H2,1-2H3,(H3,12,13,14,17). The van der Waals surface area contributed by atoms with Crippen molar-refractivity contribution in [3.05, 3.63) is 23.8 Å². The van der Waals surface area contributed by atoms with Crippen LogP contribution in [0.4, 0.5) is 0 Å². The maximum Gasteiger partial charge on any atom is 0.230 e. The van der Waals surface area contributed by atoms with Gasteiger partial charge in [-0.1, -0.05) is 6.07 Å². The summed E-state index contributed by atoms with van der Waals surface area (Å²) in [6.07, 6.45) is 0.178. The first-order valence-electron chi connectivity index (χ1n) is 4.87. The highest BCUT2D eigenvalue weighted by molar-refractivity contribution is 7.80. The molecule has 0 bridgehead atoms. The van der Waals surface area contributed by atoms with Gasteiger partial charge in [-0.2, -0.15) is 0 Å². The van der Waals surface area contributed by atoms with Crippen LogP contribution in [0, 0.1) is 0 Å². The van der Waals surface area contributed by atoms with Crippen LogP contribution in [-0.2, 0) is 11.2 Å². The molecule has 0 aromatic heterocycles. The quantitative estimate of drug-likeness (QED) is 0.770. The van der Waals surface area contributed by atoms with E-state index < -0.39 is 0 Å². The highest BCUT2D eigenvalue weighted by atomic mass is 32.1. The van der Waals surface area contributed by atoms with E-state index in [4.69, 9.17) is 15.2 Å². The molecule has 0 aliphatic heterocycles. The van der Waals surface area contributed by atoms with Crippen molar-refractivity contribution in [2.75, 3.05) is 14.2 Å². The molecule has 0 aliphatic rings. The first-order chi connectivity index (χ1) is 8.06. The molecule has 1 amide bonds. The molecule has 1 aromatic rings. The molecule has 0 aliphatic carbocycles. The lowest BCUT2D eigenvalue weighted by molar-refractivity contribution is -0.119. The summed E-state index contributed by atoms with van der Waals surface area (Å²) in [6, 6.07) is 5.25. The lowest BCUT2D eigenvalue weighted by Crippen LogP contribution is -2.35. The molecule has 0 unspecified atom stereocenters. The van der Waals surface area contributed by atoms with E-state index in [-0.39, 0.29) is 17.4 Å². The second kappa shape index (κ2) is 6.05. The molecule has 3 N–H and O–H groups in total. The summed E-state index contributed by atoms with van der Waals surface area (Å²) in [5, 5.41) is 2.32. The van der Waals surface area contributed by atoms with Gasteiger partial charge in [0, 0.05) is 0 Å². The number of ether oxygens (including phenoxy) is 2. The summed E-state index contributed by atoms with van der Waals surface area (Å²) >= 11 is 4.58. The van der Waals surface area contributed by atoms with Gasteiger partial charge in [0.25, 0.3) is 0 Å². The fourth-order valence-electron chi connectivity index (χ4n) is 1.36. The van der Waals surface area contributed by atoms with Crippen molar-refractivity contribution < 1.29 is 14.3 Å². The normalized spacial score (nSPS) is 9.53. The molecule has 0 heterocycles. The molecule has 6 heteroatoms. The number of thiocarbonyl (C=S) groups is 1. The van der Waals surface area contributed by atoms with Gasteiger partial charge in [-0.15, -0.1) is 0 Å². The molecule has 0 atom stereocenters. The predicted octanol–water partition coefficient (Wildman–Crippen LogP) is 0.606. The van der Waals surface area contributed by atoms with Crippen molar-refractivity contribution in [1.82, 2.24) is 5.32 Å². The number of amides is 1. The molecule has 0 saturated heterocycles. The minimum atomic E-state index is -0.260. The van der Waals surface area contributed by atoms with Crippen molar-refractivity contribution >= 4 is 23.2 Å². The van der Waals surface area contributed by atoms with Crippen LogP contribution in [0.3, 0.4) is 0 Å². The Morgan fingerprint density at radius 1 is 1.35 bits per heavy atom. The third-order valence-corrected chi connectivity index (χ3v) is 2.18. The van der Waals surface area contributed by atoms with Crippen LogP contribution in [0.5, 0.6) is 11.5 Å². The van der Waals surface area contributed by atoms with Gasteiger partial charge in [-0.25, -0.2) is 0 Å². The van der Waals surface area contributed by atoms with E-state index in [1.807, 2.05) is 0 Å². The number of nitrogens with one attached hydrogen (secondary N) is 1. The molecule has 1 aromatic carbocycles. The van der Waals surface area contributed by atoms with Crippen LogP contribution in [-0.4, -0.2) is 25.2 Å². The zero-order chi connectivity index (χ0) is 12.8. The molecule has 1 rings (SSSR count). The van der Waals surface area contributed by atoms with Gasteiger partial charge in [0.1, 0.15) is 0 Å². The molecule has 0 saturated carbocycles. The Balaban J connectivity index is 2.79. The van der Waals surface area contributed by atoms with Crippen molar-refractivity contribution in [1.29, 1.82) is 0 Å². The Morgan fingerprint density at radius 3 is 2.53 bits per heavy atom. The van der Waals surface area contributed by atoms with Crippen LogP contribution in [0.2, 0.25) is 0 Å². The van der Waals surface area contributed by atoms with E-state index >= 15 is 0 Å². The van der Waals surface area contributed by atoms with Crippen LogP contribution in [0.1, 0.15) is 5.56 Å². The van der Waals surface area contributed by atoms with Crippen LogP contribution in [0.25, 0.3) is 0 Å². The number of carbonyl (C=O) groups is 1. The van der Waals surface area contributed by atoms with Crippen molar-refractivity contribution in [2.24, 2.45) is 5.73 Å². The maximum atomic E-state index is 11.4. The van der Waals surface area contributed by atoms with Crippen molar-refractivity contribution in [2.45, 2.75) is 6.42 Å². The number of carbonyl (C=O) groups excluding carboxylic acids is 1. The molecular weight excluding hydrogens is 240 g/mol. The largest absolute Gasteiger partial charge is 0.493 e. The number of hydrogen-bond donors (Lipinski definition) is 2. The predicted molar refractivity (Wildman–Crippen MR) is 68.2 cm³/mol. The minimum absolute atomic E-state index is 0.0320. The monoisotopic (exact) mass is 254 g/mol. The number of hydrogen-bond acceptors (Lipinski definition) is 4. The van der Waals surface area contributed by atoms with Crippen molar-refractivity contribution in [3.63, 3.8) is 0 Å². The summed E-state index contributed by atoms with van der Waals surface area (Å²) in [7, 11) is 3.09. The smallest absolute Gasteiger partial charge is 0.230 e.